The van der Waals surface area contributed by atoms with Gasteiger partial charge in [-0.25, -0.2) is 0 Å². The Morgan fingerprint density at radius 3 is 2.59 bits per heavy atom. The van der Waals surface area contributed by atoms with Crippen LogP contribution < -0.4 is 0 Å². The van der Waals surface area contributed by atoms with Crippen LogP contribution in [0.2, 0.25) is 0 Å². The molecular weight excluding hydrogens is 444 g/mol. The number of amides is 1. The summed E-state index contributed by atoms with van der Waals surface area (Å²) in [7, 11) is 1.95. The molecule has 5 rings (SSSR count). The number of piperidine rings is 1. The first-order valence-corrected chi connectivity index (χ1v) is 12.6. The molecule has 0 saturated carbocycles. The highest BCUT2D eigenvalue weighted by atomic mass is 32.1. The van der Waals surface area contributed by atoms with E-state index < -0.39 is 0 Å². The largest absolute Gasteiger partial charge is 0.469 e. The number of aryl methyl sites for hydroxylation is 1. The predicted molar refractivity (Wildman–Crippen MR) is 135 cm³/mol. The Labute approximate surface area is 204 Å². The quantitative estimate of drug-likeness (QED) is 0.369. The van der Waals surface area contributed by atoms with Gasteiger partial charge in [-0.2, -0.15) is 8.75 Å². The van der Waals surface area contributed by atoms with Crippen LogP contribution in [0.5, 0.6) is 0 Å². The summed E-state index contributed by atoms with van der Waals surface area (Å²) in [6.07, 6.45) is 4.60. The minimum absolute atomic E-state index is 0.0415. The molecule has 1 aliphatic rings. The monoisotopic (exact) mass is 474 g/mol. The lowest BCUT2D eigenvalue weighted by Gasteiger charge is -2.40. The maximum absolute atomic E-state index is 13.3. The van der Waals surface area contributed by atoms with Crippen molar-refractivity contribution in [2.45, 2.75) is 38.8 Å². The molecule has 0 spiro atoms. The molecule has 176 valence electrons. The standard InChI is InChI=1S/C27H30N4O2S/c1-19-23(12-15-33-19)27(32)30(2)26(17-20-6-4-3-5-7-20)22-10-13-31(14-11-22)18-21-8-9-24-25(16-21)29-34-28-24/h3-9,12,15-16,22,26H,10-11,13-14,17-18H2,1-2H3/t26-/m0/s1. The average molecular weight is 475 g/mol. The second-order valence-corrected chi connectivity index (χ2v) is 9.79. The lowest BCUT2D eigenvalue weighted by Crippen LogP contribution is -2.47. The van der Waals surface area contributed by atoms with E-state index in [0.29, 0.717) is 17.2 Å². The Kier molecular flexibility index (Phi) is 6.74. The van der Waals surface area contributed by atoms with Gasteiger partial charge in [-0.1, -0.05) is 36.4 Å². The van der Waals surface area contributed by atoms with Gasteiger partial charge in [0, 0.05) is 19.6 Å². The van der Waals surface area contributed by atoms with Crippen LogP contribution in [0.15, 0.2) is 65.3 Å². The maximum Gasteiger partial charge on any atom is 0.257 e. The summed E-state index contributed by atoms with van der Waals surface area (Å²) in [4.78, 5) is 17.8. The van der Waals surface area contributed by atoms with Gasteiger partial charge in [0.25, 0.3) is 5.91 Å². The van der Waals surface area contributed by atoms with Gasteiger partial charge in [-0.15, -0.1) is 0 Å². The van der Waals surface area contributed by atoms with Gasteiger partial charge >= 0.3 is 0 Å². The minimum atomic E-state index is 0.0415. The molecule has 0 radical (unpaired) electrons. The van der Waals surface area contributed by atoms with Crippen LogP contribution in [0.25, 0.3) is 11.0 Å². The lowest BCUT2D eigenvalue weighted by molar-refractivity contribution is 0.0583. The molecule has 1 amide bonds. The van der Waals surface area contributed by atoms with Crippen molar-refractivity contribution in [3.05, 3.63) is 83.3 Å². The van der Waals surface area contributed by atoms with Crippen LogP contribution in [-0.4, -0.2) is 50.6 Å². The molecule has 1 atom stereocenters. The smallest absolute Gasteiger partial charge is 0.257 e. The van der Waals surface area contributed by atoms with E-state index in [0.717, 1.165) is 49.9 Å². The molecular formula is C27H30N4O2S. The summed E-state index contributed by atoms with van der Waals surface area (Å²) in [5.41, 5.74) is 5.16. The van der Waals surface area contributed by atoms with Crippen LogP contribution in [0.1, 0.15) is 40.1 Å². The number of furan rings is 1. The molecule has 6 nitrogen and oxygen atoms in total. The van der Waals surface area contributed by atoms with E-state index in [1.165, 1.54) is 22.9 Å². The normalized spacial score (nSPS) is 16.1. The van der Waals surface area contributed by atoms with Gasteiger partial charge in [0.15, 0.2) is 0 Å². The zero-order valence-corrected chi connectivity index (χ0v) is 20.5. The van der Waals surface area contributed by atoms with Crippen molar-refractivity contribution in [3.63, 3.8) is 0 Å². The number of carbonyl (C=O) groups excluding carboxylic acids is 1. The van der Waals surface area contributed by atoms with Gasteiger partial charge in [0.1, 0.15) is 16.8 Å². The summed E-state index contributed by atoms with van der Waals surface area (Å²) < 4.78 is 14.1. The topological polar surface area (TPSA) is 62.5 Å². The van der Waals surface area contributed by atoms with Crippen molar-refractivity contribution in [2.24, 2.45) is 5.92 Å². The van der Waals surface area contributed by atoms with Gasteiger partial charge < -0.3 is 9.32 Å². The second kappa shape index (κ2) is 10.1. The fourth-order valence-corrected chi connectivity index (χ4v) is 5.62. The number of hydrogen-bond donors (Lipinski definition) is 0. The van der Waals surface area contributed by atoms with Gasteiger partial charge in [0.2, 0.25) is 0 Å². The molecule has 0 N–H and O–H groups in total. The fraction of sp³-hybridized carbons (Fsp3) is 0.370. The summed E-state index contributed by atoms with van der Waals surface area (Å²) in [6.45, 7) is 4.82. The number of hydrogen-bond acceptors (Lipinski definition) is 6. The highest BCUT2D eigenvalue weighted by molar-refractivity contribution is 7.00. The molecule has 0 aliphatic carbocycles. The van der Waals surface area contributed by atoms with E-state index in [4.69, 9.17) is 4.42 Å². The van der Waals surface area contributed by atoms with E-state index in [1.54, 1.807) is 12.3 Å². The van der Waals surface area contributed by atoms with Gasteiger partial charge in [0.05, 0.1) is 23.6 Å². The molecule has 2 aromatic heterocycles. The first-order valence-electron chi connectivity index (χ1n) is 11.9. The predicted octanol–water partition coefficient (Wildman–Crippen LogP) is 5.19. The van der Waals surface area contributed by atoms with Crippen LogP contribution in [0, 0.1) is 12.8 Å². The van der Waals surface area contributed by atoms with Crippen molar-refractivity contribution in [1.82, 2.24) is 18.5 Å². The molecule has 1 saturated heterocycles. The number of likely N-dealkylation sites (N-methyl/N-ethyl adjacent to an activating group) is 1. The van der Waals surface area contributed by atoms with E-state index >= 15 is 0 Å². The SMILES string of the molecule is Cc1occc1C(=O)N(C)[C@@H](Cc1ccccc1)C1CCN(Cc2ccc3nsnc3c2)CC1. The summed E-state index contributed by atoms with van der Waals surface area (Å²) >= 11 is 1.26. The second-order valence-electron chi connectivity index (χ2n) is 9.26. The molecule has 4 aromatic rings. The number of rotatable bonds is 7. The highest BCUT2D eigenvalue weighted by Crippen LogP contribution is 2.29. The first-order chi connectivity index (χ1) is 16.6. The van der Waals surface area contributed by atoms with Gasteiger partial charge in [-0.3, -0.25) is 9.69 Å². The van der Waals surface area contributed by atoms with Crippen LogP contribution in [-0.2, 0) is 13.0 Å². The van der Waals surface area contributed by atoms with E-state index in [2.05, 4.69) is 56.1 Å². The van der Waals surface area contributed by atoms with Crippen molar-refractivity contribution < 1.29 is 9.21 Å². The van der Waals surface area contributed by atoms with Crippen LogP contribution in [0.3, 0.4) is 0 Å². The van der Waals surface area contributed by atoms with Crippen LogP contribution >= 0.6 is 11.7 Å². The van der Waals surface area contributed by atoms with E-state index in [9.17, 15) is 4.79 Å². The fourth-order valence-electron chi connectivity index (χ4n) is 5.10. The third-order valence-electron chi connectivity index (χ3n) is 7.10. The molecule has 3 heterocycles. The maximum atomic E-state index is 13.3. The summed E-state index contributed by atoms with van der Waals surface area (Å²) in [6, 6.07) is 18.8. The highest BCUT2D eigenvalue weighted by Gasteiger charge is 2.32. The van der Waals surface area contributed by atoms with Crippen LogP contribution in [0.4, 0.5) is 0 Å². The Morgan fingerprint density at radius 1 is 1.09 bits per heavy atom. The zero-order valence-electron chi connectivity index (χ0n) is 19.7. The van der Waals surface area contributed by atoms with Crippen molar-refractivity contribution in [3.8, 4) is 0 Å². The first kappa shape index (κ1) is 22.7. The molecule has 7 heteroatoms. The minimum Gasteiger partial charge on any atom is -0.469 e. The van der Waals surface area contributed by atoms with Gasteiger partial charge in [-0.05, 0) is 74.5 Å². The Bertz CT molecular complexity index is 1240. The van der Waals surface area contributed by atoms with E-state index in [-0.39, 0.29) is 11.9 Å². The molecule has 1 fully saturated rings. The molecule has 2 aromatic carbocycles. The number of likely N-dealkylation sites (tertiary alicyclic amines) is 1. The summed E-state index contributed by atoms with van der Waals surface area (Å²) in [5.74, 6) is 1.17. The molecule has 34 heavy (non-hydrogen) atoms. The molecule has 1 aliphatic heterocycles. The van der Waals surface area contributed by atoms with Crippen molar-refractivity contribution in [2.75, 3.05) is 20.1 Å². The average Bonchev–Trinajstić information content (AvgIpc) is 3.51. The molecule has 0 unspecified atom stereocenters. The van der Waals surface area contributed by atoms with Crippen molar-refractivity contribution in [1.29, 1.82) is 0 Å². The zero-order chi connectivity index (χ0) is 23.5. The third kappa shape index (κ3) is 4.91. The Hall–Kier alpha value is -3.03. The number of aromatic nitrogens is 2. The number of benzene rings is 2. The molecule has 0 bridgehead atoms. The van der Waals surface area contributed by atoms with E-state index in [1.807, 2.05) is 24.9 Å². The Balaban J connectivity index is 1.28. The van der Waals surface area contributed by atoms with Crippen molar-refractivity contribution >= 4 is 28.7 Å². The number of carbonyl (C=O) groups is 1. The number of fused-ring (bicyclic) bond motifs is 1. The summed E-state index contributed by atoms with van der Waals surface area (Å²) in [5, 5.41) is 0. The number of nitrogens with zero attached hydrogens (tertiary/aromatic N) is 4. The Morgan fingerprint density at radius 2 is 1.85 bits per heavy atom. The third-order valence-corrected chi connectivity index (χ3v) is 7.65. The lowest BCUT2D eigenvalue weighted by atomic mass is 9.84.